The summed E-state index contributed by atoms with van der Waals surface area (Å²) < 4.78 is 48.4. The maximum Gasteiger partial charge on any atom is 0.416 e. The maximum atomic E-state index is 12.7. The molecule has 0 bridgehead atoms. The summed E-state index contributed by atoms with van der Waals surface area (Å²) in [6.45, 7) is 0. The standard InChI is InChI=1S/C13H9BrF3NO3/c1-20-9-3-2-7(13(15,16)17)6-8(9)18-12(19)10-4-5-11(14)21-10/h2-6H,1H3,(H,18,19). The Hall–Kier alpha value is -1.96. The van der Waals surface area contributed by atoms with Gasteiger partial charge in [0.2, 0.25) is 0 Å². The first-order valence-corrected chi connectivity index (χ1v) is 6.42. The van der Waals surface area contributed by atoms with Gasteiger partial charge in [-0.05, 0) is 46.3 Å². The minimum atomic E-state index is -4.51. The van der Waals surface area contributed by atoms with Crippen molar-refractivity contribution in [3.8, 4) is 5.75 Å². The van der Waals surface area contributed by atoms with Crippen LogP contribution in [0.2, 0.25) is 0 Å². The number of amides is 1. The summed E-state index contributed by atoms with van der Waals surface area (Å²) >= 11 is 3.03. The molecule has 0 aliphatic rings. The van der Waals surface area contributed by atoms with Crippen molar-refractivity contribution in [3.05, 3.63) is 46.3 Å². The molecule has 0 unspecified atom stereocenters. The van der Waals surface area contributed by atoms with E-state index in [0.29, 0.717) is 4.67 Å². The summed E-state index contributed by atoms with van der Waals surface area (Å²) in [4.78, 5) is 11.9. The number of rotatable bonds is 3. The van der Waals surface area contributed by atoms with Gasteiger partial charge in [-0.3, -0.25) is 4.79 Å². The number of hydrogen-bond acceptors (Lipinski definition) is 3. The summed E-state index contributed by atoms with van der Waals surface area (Å²) in [6.07, 6.45) is -4.51. The van der Waals surface area contributed by atoms with Crippen LogP contribution in [-0.2, 0) is 6.18 Å². The molecule has 112 valence electrons. The Labute approximate surface area is 126 Å². The molecule has 21 heavy (non-hydrogen) atoms. The third-order valence-corrected chi connectivity index (χ3v) is 3.00. The average Bonchev–Trinajstić information content (AvgIpc) is 2.84. The lowest BCUT2D eigenvalue weighted by Gasteiger charge is -2.13. The average molecular weight is 364 g/mol. The van der Waals surface area contributed by atoms with Gasteiger partial charge in [0.15, 0.2) is 10.4 Å². The van der Waals surface area contributed by atoms with Crippen LogP contribution in [0.4, 0.5) is 18.9 Å². The molecule has 0 radical (unpaired) electrons. The van der Waals surface area contributed by atoms with Crippen LogP contribution in [0.25, 0.3) is 0 Å². The number of alkyl halides is 3. The number of anilines is 1. The number of carbonyl (C=O) groups is 1. The molecular formula is C13H9BrF3NO3. The highest BCUT2D eigenvalue weighted by Gasteiger charge is 2.31. The van der Waals surface area contributed by atoms with Crippen LogP contribution in [0.15, 0.2) is 39.4 Å². The van der Waals surface area contributed by atoms with Crippen molar-refractivity contribution in [2.45, 2.75) is 6.18 Å². The molecule has 0 saturated carbocycles. The zero-order chi connectivity index (χ0) is 15.6. The van der Waals surface area contributed by atoms with Crippen LogP contribution in [0.1, 0.15) is 16.1 Å². The van der Waals surface area contributed by atoms with Gasteiger partial charge in [0.1, 0.15) is 5.75 Å². The number of hydrogen-bond donors (Lipinski definition) is 1. The normalized spacial score (nSPS) is 11.3. The first-order chi connectivity index (χ1) is 9.81. The predicted octanol–water partition coefficient (Wildman–Crippen LogP) is 4.32. The third-order valence-electron chi connectivity index (χ3n) is 2.57. The number of furan rings is 1. The second kappa shape index (κ2) is 5.80. The highest BCUT2D eigenvalue weighted by molar-refractivity contribution is 9.10. The van der Waals surface area contributed by atoms with Crippen LogP contribution >= 0.6 is 15.9 Å². The summed E-state index contributed by atoms with van der Waals surface area (Å²) in [5.41, 5.74) is -0.982. The van der Waals surface area contributed by atoms with E-state index in [-0.39, 0.29) is 17.2 Å². The lowest BCUT2D eigenvalue weighted by molar-refractivity contribution is -0.137. The van der Waals surface area contributed by atoms with E-state index in [1.807, 2.05) is 0 Å². The molecule has 0 aliphatic heterocycles. The lowest BCUT2D eigenvalue weighted by atomic mass is 10.1. The molecule has 1 aromatic carbocycles. The van der Waals surface area contributed by atoms with Crippen molar-refractivity contribution in [1.29, 1.82) is 0 Å². The summed E-state index contributed by atoms with van der Waals surface area (Å²) in [5.74, 6) is -0.610. The van der Waals surface area contributed by atoms with Gasteiger partial charge >= 0.3 is 6.18 Å². The van der Waals surface area contributed by atoms with Crippen molar-refractivity contribution in [1.82, 2.24) is 0 Å². The van der Waals surface area contributed by atoms with E-state index in [9.17, 15) is 18.0 Å². The Kier molecular flexibility index (Phi) is 4.26. The Morgan fingerprint density at radius 1 is 1.29 bits per heavy atom. The van der Waals surface area contributed by atoms with E-state index in [1.165, 1.54) is 19.2 Å². The third kappa shape index (κ3) is 3.57. The first-order valence-electron chi connectivity index (χ1n) is 5.63. The molecule has 0 fully saturated rings. The summed E-state index contributed by atoms with van der Waals surface area (Å²) in [5, 5.41) is 2.33. The molecule has 2 aromatic rings. The number of nitrogens with one attached hydrogen (secondary N) is 1. The van der Waals surface area contributed by atoms with Crippen molar-refractivity contribution >= 4 is 27.5 Å². The van der Waals surface area contributed by atoms with Gasteiger partial charge in [0, 0.05) is 0 Å². The Morgan fingerprint density at radius 2 is 2.00 bits per heavy atom. The molecule has 4 nitrogen and oxygen atoms in total. The van der Waals surface area contributed by atoms with Crippen molar-refractivity contribution in [3.63, 3.8) is 0 Å². The summed E-state index contributed by atoms with van der Waals surface area (Å²) in [6, 6.07) is 5.70. The quantitative estimate of drug-likeness (QED) is 0.883. The zero-order valence-electron chi connectivity index (χ0n) is 10.6. The Morgan fingerprint density at radius 3 is 2.52 bits per heavy atom. The van der Waals surface area contributed by atoms with Crippen LogP contribution in [-0.4, -0.2) is 13.0 Å². The predicted molar refractivity (Wildman–Crippen MR) is 72.4 cm³/mol. The second-order valence-corrected chi connectivity index (χ2v) is 4.75. The first kappa shape index (κ1) is 15.4. The Bertz CT molecular complexity index is 667. The minimum Gasteiger partial charge on any atom is -0.495 e. The molecular weight excluding hydrogens is 355 g/mol. The van der Waals surface area contributed by atoms with E-state index in [4.69, 9.17) is 9.15 Å². The molecule has 0 spiro atoms. The fourth-order valence-corrected chi connectivity index (χ4v) is 1.91. The fraction of sp³-hybridized carbons (Fsp3) is 0.154. The second-order valence-electron chi connectivity index (χ2n) is 3.97. The molecule has 8 heteroatoms. The zero-order valence-corrected chi connectivity index (χ0v) is 12.2. The van der Waals surface area contributed by atoms with E-state index in [1.54, 1.807) is 0 Å². The molecule has 2 rings (SSSR count). The van der Waals surface area contributed by atoms with Gasteiger partial charge < -0.3 is 14.5 Å². The van der Waals surface area contributed by atoms with Gasteiger partial charge in [0.25, 0.3) is 5.91 Å². The van der Waals surface area contributed by atoms with Gasteiger partial charge in [-0.25, -0.2) is 0 Å². The van der Waals surface area contributed by atoms with E-state index in [0.717, 1.165) is 18.2 Å². The van der Waals surface area contributed by atoms with E-state index in [2.05, 4.69) is 21.2 Å². The highest BCUT2D eigenvalue weighted by Crippen LogP contribution is 2.35. The number of ether oxygens (including phenoxy) is 1. The maximum absolute atomic E-state index is 12.7. The molecule has 1 heterocycles. The molecule has 1 N–H and O–H groups in total. The minimum absolute atomic E-state index is 0.0404. The highest BCUT2D eigenvalue weighted by atomic mass is 79.9. The smallest absolute Gasteiger partial charge is 0.416 e. The lowest BCUT2D eigenvalue weighted by Crippen LogP contribution is -2.13. The van der Waals surface area contributed by atoms with E-state index >= 15 is 0 Å². The monoisotopic (exact) mass is 363 g/mol. The molecule has 1 aromatic heterocycles. The van der Waals surface area contributed by atoms with Crippen LogP contribution in [0.5, 0.6) is 5.75 Å². The van der Waals surface area contributed by atoms with Crippen LogP contribution < -0.4 is 10.1 Å². The topological polar surface area (TPSA) is 51.5 Å². The van der Waals surface area contributed by atoms with Crippen LogP contribution in [0.3, 0.4) is 0 Å². The van der Waals surface area contributed by atoms with Crippen molar-refractivity contribution < 1.29 is 27.1 Å². The number of halogens is 4. The summed E-state index contributed by atoms with van der Waals surface area (Å²) in [7, 11) is 1.29. The van der Waals surface area contributed by atoms with E-state index < -0.39 is 17.6 Å². The SMILES string of the molecule is COc1ccc(C(F)(F)F)cc1NC(=O)c1ccc(Br)o1. The van der Waals surface area contributed by atoms with Gasteiger partial charge in [-0.1, -0.05) is 0 Å². The molecule has 0 aliphatic carbocycles. The Balaban J connectivity index is 2.31. The molecule has 1 amide bonds. The van der Waals surface area contributed by atoms with Crippen molar-refractivity contribution in [2.24, 2.45) is 0 Å². The van der Waals surface area contributed by atoms with Gasteiger partial charge in [-0.15, -0.1) is 0 Å². The number of carbonyl (C=O) groups excluding carboxylic acids is 1. The number of benzene rings is 1. The van der Waals surface area contributed by atoms with Crippen molar-refractivity contribution in [2.75, 3.05) is 12.4 Å². The number of methoxy groups -OCH3 is 1. The fourth-order valence-electron chi connectivity index (χ4n) is 1.60. The molecule has 0 atom stereocenters. The molecule has 0 saturated heterocycles. The largest absolute Gasteiger partial charge is 0.495 e. The van der Waals surface area contributed by atoms with Crippen LogP contribution in [0, 0.1) is 0 Å². The van der Waals surface area contributed by atoms with Gasteiger partial charge in [0.05, 0.1) is 18.4 Å². The van der Waals surface area contributed by atoms with Gasteiger partial charge in [-0.2, -0.15) is 13.2 Å².